The Kier molecular flexibility index (Phi) is 8.57. The SMILES string of the molecule is CC(C)c1csc(CNC(=O)C2CCCN2)n1.Cl.Cl. The van der Waals surface area contributed by atoms with Gasteiger partial charge in [-0.3, -0.25) is 4.79 Å². The molecule has 1 aromatic heterocycles. The van der Waals surface area contributed by atoms with Gasteiger partial charge in [0.15, 0.2) is 0 Å². The Balaban J connectivity index is 0.00000162. The molecule has 1 saturated heterocycles. The highest BCUT2D eigenvalue weighted by Gasteiger charge is 2.21. The average Bonchev–Trinajstić information content (AvgIpc) is 2.97. The molecule has 0 spiro atoms. The zero-order chi connectivity index (χ0) is 12.3. The Hall–Kier alpha value is -0.360. The highest BCUT2D eigenvalue weighted by atomic mass is 35.5. The van der Waals surface area contributed by atoms with Crippen LogP contribution < -0.4 is 10.6 Å². The third kappa shape index (κ3) is 5.26. The van der Waals surface area contributed by atoms with Gasteiger partial charge in [0.05, 0.1) is 18.3 Å². The molecule has 0 aliphatic carbocycles. The maximum absolute atomic E-state index is 11.8. The molecule has 0 aromatic carbocycles. The number of hydrogen-bond acceptors (Lipinski definition) is 4. The Morgan fingerprint density at radius 2 is 2.32 bits per heavy atom. The first-order valence-electron chi connectivity index (χ1n) is 6.12. The fourth-order valence-electron chi connectivity index (χ4n) is 1.87. The van der Waals surface area contributed by atoms with Gasteiger partial charge < -0.3 is 10.6 Å². The summed E-state index contributed by atoms with van der Waals surface area (Å²) in [5.41, 5.74) is 1.11. The number of nitrogens with zero attached hydrogens (tertiary/aromatic N) is 1. The molecule has 110 valence electrons. The van der Waals surface area contributed by atoms with Gasteiger partial charge in [0.25, 0.3) is 0 Å². The number of hydrogen-bond donors (Lipinski definition) is 2. The zero-order valence-corrected chi connectivity index (χ0v) is 13.6. The normalized spacial score (nSPS) is 17.7. The van der Waals surface area contributed by atoms with Crippen LogP contribution in [-0.4, -0.2) is 23.5 Å². The number of aromatic nitrogens is 1. The topological polar surface area (TPSA) is 54.0 Å². The molecule has 0 bridgehead atoms. The lowest BCUT2D eigenvalue weighted by molar-refractivity contribution is -0.122. The lowest BCUT2D eigenvalue weighted by Gasteiger charge is -2.09. The Morgan fingerprint density at radius 1 is 1.58 bits per heavy atom. The van der Waals surface area contributed by atoms with Gasteiger partial charge in [0.1, 0.15) is 5.01 Å². The van der Waals surface area contributed by atoms with Gasteiger partial charge in [0.2, 0.25) is 5.91 Å². The summed E-state index contributed by atoms with van der Waals surface area (Å²) in [5.74, 6) is 0.552. The Bertz CT molecular complexity index is 392. The number of rotatable bonds is 4. The van der Waals surface area contributed by atoms with Crippen LogP contribution in [0.1, 0.15) is 43.3 Å². The van der Waals surface area contributed by atoms with E-state index in [1.165, 1.54) is 0 Å². The maximum atomic E-state index is 11.8. The predicted octanol–water partition coefficient (Wildman–Crippen LogP) is 2.48. The average molecular weight is 326 g/mol. The van der Waals surface area contributed by atoms with E-state index >= 15 is 0 Å². The van der Waals surface area contributed by atoms with Crippen LogP contribution in [0.5, 0.6) is 0 Å². The number of halogens is 2. The van der Waals surface area contributed by atoms with E-state index in [1.54, 1.807) is 11.3 Å². The summed E-state index contributed by atoms with van der Waals surface area (Å²) < 4.78 is 0. The van der Waals surface area contributed by atoms with E-state index in [0.717, 1.165) is 30.1 Å². The molecule has 1 aliphatic rings. The summed E-state index contributed by atoms with van der Waals surface area (Å²) >= 11 is 1.62. The molecule has 1 aromatic rings. The lowest BCUT2D eigenvalue weighted by Crippen LogP contribution is -2.39. The van der Waals surface area contributed by atoms with Crippen molar-refractivity contribution in [1.82, 2.24) is 15.6 Å². The van der Waals surface area contributed by atoms with Crippen LogP contribution in [0.15, 0.2) is 5.38 Å². The van der Waals surface area contributed by atoms with Gasteiger partial charge in [-0.2, -0.15) is 0 Å². The van der Waals surface area contributed by atoms with E-state index in [-0.39, 0.29) is 36.8 Å². The molecule has 0 radical (unpaired) electrons. The highest BCUT2D eigenvalue weighted by Crippen LogP contribution is 2.17. The molecule has 0 saturated carbocycles. The van der Waals surface area contributed by atoms with Crippen molar-refractivity contribution in [1.29, 1.82) is 0 Å². The summed E-state index contributed by atoms with van der Waals surface area (Å²) in [6, 6.07) is -0.000434. The Morgan fingerprint density at radius 3 is 2.84 bits per heavy atom. The maximum Gasteiger partial charge on any atom is 0.237 e. The van der Waals surface area contributed by atoms with Crippen LogP contribution in [0, 0.1) is 0 Å². The fraction of sp³-hybridized carbons (Fsp3) is 0.667. The molecule has 4 nitrogen and oxygen atoms in total. The van der Waals surface area contributed by atoms with Crippen LogP contribution in [0.2, 0.25) is 0 Å². The highest BCUT2D eigenvalue weighted by molar-refractivity contribution is 7.09. The monoisotopic (exact) mass is 325 g/mol. The van der Waals surface area contributed by atoms with Gasteiger partial charge in [-0.25, -0.2) is 4.98 Å². The molecule has 2 rings (SSSR count). The summed E-state index contributed by atoms with van der Waals surface area (Å²) in [6.07, 6.45) is 2.04. The Labute approximate surface area is 130 Å². The molecule has 1 aliphatic heterocycles. The van der Waals surface area contributed by atoms with Gasteiger partial charge in [0, 0.05) is 5.38 Å². The molecule has 7 heteroatoms. The minimum atomic E-state index is -0.000434. The van der Waals surface area contributed by atoms with Gasteiger partial charge in [-0.1, -0.05) is 13.8 Å². The standard InChI is InChI=1S/C12H19N3OS.2ClH/c1-8(2)10-7-17-11(15-10)6-14-12(16)9-4-3-5-13-9;;/h7-9,13H,3-6H2,1-2H3,(H,14,16);2*1H. The molecule has 1 atom stereocenters. The number of carbonyl (C=O) groups excluding carboxylic acids is 1. The van der Waals surface area contributed by atoms with Gasteiger partial charge in [-0.05, 0) is 25.3 Å². The number of amides is 1. The van der Waals surface area contributed by atoms with E-state index < -0.39 is 0 Å². The minimum absolute atomic E-state index is 0. The van der Waals surface area contributed by atoms with E-state index in [0.29, 0.717) is 12.5 Å². The summed E-state index contributed by atoms with van der Waals surface area (Å²) in [7, 11) is 0. The van der Waals surface area contributed by atoms with Crippen molar-refractivity contribution < 1.29 is 4.79 Å². The second kappa shape index (κ2) is 8.74. The smallest absolute Gasteiger partial charge is 0.237 e. The molecule has 19 heavy (non-hydrogen) atoms. The largest absolute Gasteiger partial charge is 0.348 e. The van der Waals surface area contributed by atoms with Crippen LogP contribution >= 0.6 is 36.2 Å². The van der Waals surface area contributed by atoms with E-state index in [1.807, 2.05) is 0 Å². The van der Waals surface area contributed by atoms with Crippen LogP contribution in [0.4, 0.5) is 0 Å². The molecule has 1 amide bonds. The minimum Gasteiger partial charge on any atom is -0.348 e. The number of nitrogens with one attached hydrogen (secondary N) is 2. The summed E-state index contributed by atoms with van der Waals surface area (Å²) in [5, 5.41) is 9.18. The molecule has 1 unspecified atom stereocenters. The molecular weight excluding hydrogens is 305 g/mol. The first kappa shape index (κ1) is 18.6. The van der Waals surface area contributed by atoms with E-state index in [4.69, 9.17) is 0 Å². The summed E-state index contributed by atoms with van der Waals surface area (Å²) in [6.45, 7) is 5.75. The first-order chi connectivity index (χ1) is 8.16. The number of carbonyl (C=O) groups is 1. The van der Waals surface area contributed by atoms with Crippen molar-refractivity contribution in [2.24, 2.45) is 0 Å². The van der Waals surface area contributed by atoms with E-state index in [9.17, 15) is 4.79 Å². The van der Waals surface area contributed by atoms with Crippen molar-refractivity contribution >= 4 is 42.1 Å². The first-order valence-corrected chi connectivity index (χ1v) is 7.00. The molecular formula is C12H21Cl2N3OS. The second-order valence-electron chi connectivity index (χ2n) is 4.69. The van der Waals surface area contributed by atoms with Gasteiger partial charge >= 0.3 is 0 Å². The third-order valence-corrected chi connectivity index (χ3v) is 3.82. The second-order valence-corrected chi connectivity index (χ2v) is 5.63. The van der Waals surface area contributed by atoms with Crippen LogP contribution in [0.3, 0.4) is 0 Å². The van der Waals surface area contributed by atoms with Crippen LogP contribution in [-0.2, 0) is 11.3 Å². The van der Waals surface area contributed by atoms with Gasteiger partial charge in [-0.15, -0.1) is 36.2 Å². The number of thiazole rings is 1. The molecule has 2 N–H and O–H groups in total. The van der Waals surface area contributed by atoms with Crippen molar-refractivity contribution in [2.45, 2.75) is 45.2 Å². The zero-order valence-electron chi connectivity index (χ0n) is 11.1. The van der Waals surface area contributed by atoms with Crippen LogP contribution in [0.25, 0.3) is 0 Å². The van der Waals surface area contributed by atoms with E-state index in [2.05, 4.69) is 34.8 Å². The van der Waals surface area contributed by atoms with Crippen molar-refractivity contribution in [2.75, 3.05) is 6.54 Å². The van der Waals surface area contributed by atoms with Crippen molar-refractivity contribution in [3.8, 4) is 0 Å². The fourth-order valence-corrected chi connectivity index (χ4v) is 2.76. The predicted molar refractivity (Wildman–Crippen MR) is 83.6 cm³/mol. The summed E-state index contributed by atoms with van der Waals surface area (Å²) in [4.78, 5) is 16.3. The van der Waals surface area contributed by atoms with Crippen molar-refractivity contribution in [3.63, 3.8) is 0 Å². The lowest BCUT2D eigenvalue weighted by atomic mass is 10.2. The third-order valence-electron chi connectivity index (χ3n) is 2.95. The quantitative estimate of drug-likeness (QED) is 0.894. The molecule has 2 heterocycles. The van der Waals surface area contributed by atoms with Crippen molar-refractivity contribution in [3.05, 3.63) is 16.1 Å². The molecule has 1 fully saturated rings.